The molecule has 7 nitrogen and oxygen atoms in total. The van der Waals surface area contributed by atoms with E-state index in [0.717, 1.165) is 58.0 Å². The molecule has 0 spiro atoms. The Bertz CT molecular complexity index is 814. The fraction of sp³-hybridized carbons (Fsp3) is 0.654. The smallest absolute Gasteiger partial charge is 0.290 e. The Kier molecular flexibility index (Phi) is 9.15. The highest BCUT2D eigenvalue weighted by Gasteiger charge is 2.49. The molecule has 3 saturated heterocycles. The number of carbonyl (C=O) groups is 3. The summed E-state index contributed by atoms with van der Waals surface area (Å²) in [6, 6.07) is 8.27. The van der Waals surface area contributed by atoms with Crippen LogP contribution >= 0.6 is 0 Å². The molecule has 0 aliphatic carbocycles. The number of rotatable bonds is 7. The number of unbranched alkanes of at least 4 members (excludes halogenated alkanes) is 1. The highest BCUT2D eigenvalue weighted by atomic mass is 16.5. The van der Waals surface area contributed by atoms with Crippen LogP contribution in [0.15, 0.2) is 24.3 Å². The lowest BCUT2D eigenvalue weighted by Crippen LogP contribution is -2.65. The zero-order chi connectivity index (χ0) is 23.8. The largest absolute Gasteiger partial charge is 0.493 e. The van der Waals surface area contributed by atoms with E-state index in [1.807, 2.05) is 24.3 Å². The number of fused-ring (bicyclic) bond motifs is 4. The Morgan fingerprint density at radius 2 is 1.91 bits per heavy atom. The summed E-state index contributed by atoms with van der Waals surface area (Å²) in [4.78, 5) is 39.0. The Morgan fingerprint density at radius 1 is 1.18 bits per heavy atom. The molecule has 4 atom stereocenters. The fourth-order valence-corrected chi connectivity index (χ4v) is 5.87. The quantitative estimate of drug-likeness (QED) is 0.489. The van der Waals surface area contributed by atoms with Gasteiger partial charge in [0.15, 0.2) is 0 Å². The molecule has 2 amide bonds. The van der Waals surface area contributed by atoms with E-state index >= 15 is 0 Å². The van der Waals surface area contributed by atoms with Crippen LogP contribution in [0.1, 0.15) is 75.6 Å². The Morgan fingerprint density at radius 3 is 2.64 bits per heavy atom. The van der Waals surface area contributed by atoms with E-state index in [-0.39, 0.29) is 18.4 Å². The van der Waals surface area contributed by atoms with Crippen molar-refractivity contribution in [2.24, 2.45) is 11.8 Å². The Balaban J connectivity index is 0.000000968. The third-order valence-electron chi connectivity index (χ3n) is 7.24. The number of amides is 2. The molecule has 0 saturated carbocycles. The lowest BCUT2D eigenvalue weighted by atomic mass is 9.71. The fourth-order valence-electron chi connectivity index (χ4n) is 5.87. The van der Waals surface area contributed by atoms with E-state index < -0.39 is 0 Å². The van der Waals surface area contributed by atoms with E-state index in [1.54, 1.807) is 0 Å². The van der Waals surface area contributed by atoms with E-state index in [9.17, 15) is 9.59 Å². The van der Waals surface area contributed by atoms with Gasteiger partial charge in [0.2, 0.25) is 5.91 Å². The average Bonchev–Trinajstić information content (AvgIpc) is 2.82. The van der Waals surface area contributed by atoms with Gasteiger partial charge in [-0.1, -0.05) is 38.8 Å². The predicted molar refractivity (Wildman–Crippen MR) is 126 cm³/mol. The first kappa shape index (κ1) is 25.1. The van der Waals surface area contributed by atoms with Gasteiger partial charge in [-0.15, -0.1) is 0 Å². The average molecular weight is 459 g/mol. The number of benzene rings is 1. The zero-order valence-corrected chi connectivity index (χ0v) is 19.9. The maximum absolute atomic E-state index is 13.5. The summed E-state index contributed by atoms with van der Waals surface area (Å²) < 4.78 is 5.94. The Hall–Kier alpha value is -2.57. The number of piperidine rings is 3. The normalized spacial score (nSPS) is 26.1. The van der Waals surface area contributed by atoms with Crippen molar-refractivity contribution < 1.29 is 24.2 Å². The number of likely N-dealkylation sites (tertiary alicyclic amines) is 1. The van der Waals surface area contributed by atoms with Gasteiger partial charge in [-0.2, -0.15) is 0 Å². The summed E-state index contributed by atoms with van der Waals surface area (Å²) in [5.41, 5.74) is 0.678. The van der Waals surface area contributed by atoms with E-state index in [1.165, 1.54) is 0 Å². The standard InChI is InChI=1S/C25H36N2O3.CH2O2/c1-3-5-14-30-23-12-7-6-10-20(23)25(29)26-16-18-15-19(17-26)22-11-8-13-24(28)27(22)21(18)9-4-2;2-1-3/h6-7,10,12,18-19,21-22H,3-5,8-9,11,13-17H2,1-2H3;1H,(H,2,3)/t18-,19+,21-,22-;/m0./s1. The highest BCUT2D eigenvalue weighted by Crippen LogP contribution is 2.43. The van der Waals surface area contributed by atoms with Gasteiger partial charge in [-0.25, -0.2) is 0 Å². The van der Waals surface area contributed by atoms with Crippen LogP contribution in [0.4, 0.5) is 0 Å². The van der Waals surface area contributed by atoms with Crippen molar-refractivity contribution >= 4 is 18.3 Å². The molecule has 1 N–H and O–H groups in total. The molecule has 2 bridgehead atoms. The van der Waals surface area contributed by atoms with E-state index in [4.69, 9.17) is 14.6 Å². The second-order valence-electron chi connectivity index (χ2n) is 9.39. The molecular formula is C26H38N2O5. The first-order valence-electron chi connectivity index (χ1n) is 12.5. The lowest BCUT2D eigenvalue weighted by molar-refractivity contribution is -0.152. The first-order chi connectivity index (χ1) is 16.0. The number of nitrogens with zero attached hydrogens (tertiary/aromatic N) is 2. The molecule has 1 aromatic carbocycles. The van der Waals surface area contributed by atoms with Crippen LogP contribution in [0.5, 0.6) is 5.75 Å². The van der Waals surface area contributed by atoms with Crippen LogP contribution in [0.25, 0.3) is 0 Å². The monoisotopic (exact) mass is 458 g/mol. The minimum Gasteiger partial charge on any atom is -0.493 e. The zero-order valence-electron chi connectivity index (χ0n) is 19.9. The van der Waals surface area contributed by atoms with Crippen molar-refractivity contribution in [1.29, 1.82) is 0 Å². The molecule has 4 rings (SSSR count). The number of para-hydroxylation sites is 1. The van der Waals surface area contributed by atoms with Gasteiger partial charge in [0.05, 0.1) is 12.2 Å². The number of hydrogen-bond acceptors (Lipinski definition) is 4. The third-order valence-corrected chi connectivity index (χ3v) is 7.24. The van der Waals surface area contributed by atoms with Gasteiger partial charge in [-0.3, -0.25) is 14.4 Å². The molecular weight excluding hydrogens is 420 g/mol. The van der Waals surface area contributed by atoms with Crippen molar-refractivity contribution in [3.63, 3.8) is 0 Å². The molecule has 0 unspecified atom stereocenters. The minimum atomic E-state index is -0.250. The lowest BCUT2D eigenvalue weighted by Gasteiger charge is -2.56. The van der Waals surface area contributed by atoms with Gasteiger partial charge in [0.1, 0.15) is 5.75 Å². The molecule has 182 valence electrons. The Labute approximate surface area is 197 Å². The molecule has 3 aliphatic rings. The number of hydrogen-bond donors (Lipinski definition) is 1. The van der Waals surface area contributed by atoms with Gasteiger partial charge in [0, 0.05) is 31.6 Å². The summed E-state index contributed by atoms with van der Waals surface area (Å²) in [6.07, 6.45) is 8.09. The third kappa shape index (κ3) is 5.68. The van der Waals surface area contributed by atoms with Crippen LogP contribution in [0.3, 0.4) is 0 Å². The van der Waals surface area contributed by atoms with Gasteiger partial charge in [-0.05, 0) is 56.1 Å². The molecule has 7 heteroatoms. The van der Waals surface area contributed by atoms with Crippen LogP contribution in [0.2, 0.25) is 0 Å². The van der Waals surface area contributed by atoms with Gasteiger partial charge >= 0.3 is 0 Å². The summed E-state index contributed by atoms with van der Waals surface area (Å²) >= 11 is 0. The van der Waals surface area contributed by atoms with Crippen molar-refractivity contribution in [2.45, 2.75) is 77.3 Å². The van der Waals surface area contributed by atoms with Crippen LogP contribution < -0.4 is 4.74 Å². The van der Waals surface area contributed by atoms with E-state index in [2.05, 4.69) is 23.6 Å². The molecule has 3 heterocycles. The van der Waals surface area contributed by atoms with Gasteiger partial charge < -0.3 is 19.6 Å². The number of ether oxygens (including phenoxy) is 1. The maximum atomic E-state index is 13.5. The molecule has 1 aromatic rings. The van der Waals surface area contributed by atoms with Crippen LogP contribution in [-0.2, 0) is 9.59 Å². The summed E-state index contributed by atoms with van der Waals surface area (Å²) in [6.45, 7) is 6.24. The van der Waals surface area contributed by atoms with E-state index in [0.29, 0.717) is 48.1 Å². The SMILES string of the molecule is CCCCOc1ccccc1C(=O)N1C[C@H]2C[C@@H](C1)[C@H](CCC)N1C(=O)CCC[C@@H]21.O=CO. The van der Waals surface area contributed by atoms with Crippen molar-refractivity contribution in [1.82, 2.24) is 9.80 Å². The van der Waals surface area contributed by atoms with Crippen molar-refractivity contribution in [3.05, 3.63) is 29.8 Å². The molecule has 3 fully saturated rings. The molecule has 3 aliphatic heterocycles. The van der Waals surface area contributed by atoms with Crippen LogP contribution in [-0.4, -0.2) is 65.0 Å². The minimum absolute atomic E-state index is 0.0858. The first-order valence-corrected chi connectivity index (χ1v) is 12.5. The van der Waals surface area contributed by atoms with Crippen molar-refractivity contribution in [3.8, 4) is 5.75 Å². The maximum Gasteiger partial charge on any atom is 0.290 e. The predicted octanol–water partition coefficient (Wildman–Crippen LogP) is 4.21. The van der Waals surface area contributed by atoms with Crippen molar-refractivity contribution in [2.75, 3.05) is 19.7 Å². The summed E-state index contributed by atoms with van der Waals surface area (Å²) in [7, 11) is 0. The summed E-state index contributed by atoms with van der Waals surface area (Å²) in [5, 5.41) is 6.89. The summed E-state index contributed by atoms with van der Waals surface area (Å²) in [5.74, 6) is 1.92. The van der Waals surface area contributed by atoms with Crippen LogP contribution in [0, 0.1) is 11.8 Å². The molecule has 0 aromatic heterocycles. The van der Waals surface area contributed by atoms with Gasteiger partial charge in [0.25, 0.3) is 12.4 Å². The number of carbonyl (C=O) groups excluding carboxylic acids is 2. The molecule has 33 heavy (non-hydrogen) atoms. The second kappa shape index (κ2) is 12.1. The highest BCUT2D eigenvalue weighted by molar-refractivity contribution is 5.97. The number of carboxylic acid groups (broad SMARTS) is 1. The molecule has 0 radical (unpaired) electrons. The second-order valence-corrected chi connectivity index (χ2v) is 9.39. The topological polar surface area (TPSA) is 87.2 Å².